The molecule has 112 valence electrons. The van der Waals surface area contributed by atoms with Crippen molar-refractivity contribution in [3.8, 4) is 0 Å². The van der Waals surface area contributed by atoms with Crippen LogP contribution in [0.4, 0.5) is 0 Å². The van der Waals surface area contributed by atoms with Gasteiger partial charge in [0.15, 0.2) is 0 Å². The van der Waals surface area contributed by atoms with Crippen molar-refractivity contribution in [2.45, 2.75) is 52.6 Å². The highest BCUT2D eigenvalue weighted by Gasteiger charge is 2.21. The second-order valence-corrected chi connectivity index (χ2v) is 6.34. The second kappa shape index (κ2) is 6.07. The van der Waals surface area contributed by atoms with Crippen molar-refractivity contribution in [2.75, 3.05) is 6.54 Å². The van der Waals surface area contributed by atoms with Crippen molar-refractivity contribution in [3.05, 3.63) is 58.4 Å². The van der Waals surface area contributed by atoms with Crippen molar-refractivity contribution in [2.24, 2.45) is 0 Å². The SMILES string of the molecule is CCNC1CCCc2cn(Cc3cc(C)ccc3C)cc21. The van der Waals surface area contributed by atoms with Gasteiger partial charge in [0.25, 0.3) is 0 Å². The minimum Gasteiger partial charge on any atom is -0.349 e. The van der Waals surface area contributed by atoms with Gasteiger partial charge in [-0.1, -0.05) is 30.7 Å². The van der Waals surface area contributed by atoms with Crippen molar-refractivity contribution in [1.82, 2.24) is 9.88 Å². The molecule has 0 bridgehead atoms. The van der Waals surface area contributed by atoms with Crippen LogP contribution in [0.5, 0.6) is 0 Å². The van der Waals surface area contributed by atoms with E-state index >= 15 is 0 Å². The van der Waals surface area contributed by atoms with Gasteiger partial charge in [0.05, 0.1) is 0 Å². The Morgan fingerprint density at radius 1 is 1.24 bits per heavy atom. The molecule has 3 rings (SSSR count). The number of aromatic nitrogens is 1. The summed E-state index contributed by atoms with van der Waals surface area (Å²) >= 11 is 0. The van der Waals surface area contributed by atoms with Crippen LogP contribution in [0.2, 0.25) is 0 Å². The number of nitrogens with zero attached hydrogens (tertiary/aromatic N) is 1. The summed E-state index contributed by atoms with van der Waals surface area (Å²) < 4.78 is 2.38. The summed E-state index contributed by atoms with van der Waals surface area (Å²) in [6, 6.07) is 7.30. The van der Waals surface area contributed by atoms with E-state index in [1.165, 1.54) is 47.1 Å². The first-order valence-corrected chi connectivity index (χ1v) is 8.15. The molecule has 0 saturated heterocycles. The Morgan fingerprint density at radius 3 is 2.90 bits per heavy atom. The number of hydrogen-bond donors (Lipinski definition) is 1. The Labute approximate surface area is 128 Å². The Balaban J connectivity index is 1.86. The summed E-state index contributed by atoms with van der Waals surface area (Å²) in [6.45, 7) is 8.61. The lowest BCUT2D eigenvalue weighted by Gasteiger charge is -2.22. The van der Waals surface area contributed by atoms with E-state index in [-0.39, 0.29) is 0 Å². The van der Waals surface area contributed by atoms with Crippen LogP contribution in [0.1, 0.15) is 53.6 Å². The van der Waals surface area contributed by atoms with E-state index in [4.69, 9.17) is 0 Å². The standard InChI is InChI=1S/C19H26N2/c1-4-20-19-7-5-6-16-11-21(13-18(16)19)12-17-10-14(2)8-9-15(17)3/h8-11,13,19-20H,4-7,12H2,1-3H3. The largest absolute Gasteiger partial charge is 0.349 e. The van der Waals surface area contributed by atoms with Crippen LogP contribution in [0.25, 0.3) is 0 Å². The zero-order valence-corrected chi connectivity index (χ0v) is 13.4. The summed E-state index contributed by atoms with van der Waals surface area (Å²) in [5.41, 5.74) is 7.22. The topological polar surface area (TPSA) is 17.0 Å². The third-order valence-corrected chi connectivity index (χ3v) is 4.62. The fourth-order valence-electron chi connectivity index (χ4n) is 3.47. The Bertz CT molecular complexity index is 624. The summed E-state index contributed by atoms with van der Waals surface area (Å²) in [5.74, 6) is 0. The molecule has 1 aliphatic rings. The lowest BCUT2D eigenvalue weighted by atomic mass is 9.91. The predicted molar refractivity (Wildman–Crippen MR) is 88.8 cm³/mol. The molecule has 1 N–H and O–H groups in total. The van der Waals surface area contributed by atoms with Crippen molar-refractivity contribution in [1.29, 1.82) is 0 Å². The molecule has 0 saturated carbocycles. The molecule has 0 aliphatic heterocycles. The maximum absolute atomic E-state index is 3.63. The fourth-order valence-corrected chi connectivity index (χ4v) is 3.47. The van der Waals surface area contributed by atoms with E-state index in [0.717, 1.165) is 13.1 Å². The van der Waals surface area contributed by atoms with Gasteiger partial charge in [-0.05, 0) is 61.9 Å². The van der Waals surface area contributed by atoms with Gasteiger partial charge < -0.3 is 9.88 Å². The first-order chi connectivity index (χ1) is 10.2. The quantitative estimate of drug-likeness (QED) is 0.892. The Kier molecular flexibility index (Phi) is 4.16. The van der Waals surface area contributed by atoms with Gasteiger partial charge in [0.2, 0.25) is 0 Å². The molecule has 0 fully saturated rings. The number of benzene rings is 1. The third-order valence-electron chi connectivity index (χ3n) is 4.62. The lowest BCUT2D eigenvalue weighted by Crippen LogP contribution is -2.23. The number of rotatable bonds is 4. The molecule has 0 spiro atoms. The number of aryl methyl sites for hydroxylation is 3. The molecule has 0 amide bonds. The van der Waals surface area contributed by atoms with Gasteiger partial charge in [0, 0.05) is 25.0 Å². The molecule has 1 unspecified atom stereocenters. The summed E-state index contributed by atoms with van der Waals surface area (Å²) in [4.78, 5) is 0. The van der Waals surface area contributed by atoms with E-state index in [2.05, 4.69) is 61.2 Å². The highest BCUT2D eigenvalue weighted by Crippen LogP contribution is 2.30. The minimum absolute atomic E-state index is 0.554. The van der Waals surface area contributed by atoms with E-state index in [1.54, 1.807) is 0 Å². The molecule has 1 aromatic heterocycles. The molecule has 0 radical (unpaired) electrons. The van der Waals surface area contributed by atoms with Gasteiger partial charge in [-0.25, -0.2) is 0 Å². The van der Waals surface area contributed by atoms with E-state index in [0.29, 0.717) is 6.04 Å². The lowest BCUT2D eigenvalue weighted by molar-refractivity contribution is 0.473. The summed E-state index contributed by atoms with van der Waals surface area (Å²) in [5, 5.41) is 3.63. The molecule has 2 nitrogen and oxygen atoms in total. The zero-order chi connectivity index (χ0) is 14.8. The van der Waals surface area contributed by atoms with E-state index < -0.39 is 0 Å². The Hall–Kier alpha value is -1.54. The van der Waals surface area contributed by atoms with Crippen LogP contribution >= 0.6 is 0 Å². The first kappa shape index (κ1) is 14.4. The van der Waals surface area contributed by atoms with Crippen molar-refractivity contribution >= 4 is 0 Å². The van der Waals surface area contributed by atoms with Crippen LogP contribution < -0.4 is 5.32 Å². The van der Waals surface area contributed by atoms with Gasteiger partial charge in [-0.15, -0.1) is 0 Å². The van der Waals surface area contributed by atoms with Crippen molar-refractivity contribution in [3.63, 3.8) is 0 Å². The van der Waals surface area contributed by atoms with E-state index in [1.807, 2.05) is 0 Å². The van der Waals surface area contributed by atoms with Gasteiger partial charge in [0.1, 0.15) is 0 Å². The monoisotopic (exact) mass is 282 g/mol. The number of fused-ring (bicyclic) bond motifs is 1. The molecule has 1 atom stereocenters. The maximum Gasteiger partial charge on any atom is 0.0473 e. The summed E-state index contributed by atoms with van der Waals surface area (Å²) in [6.07, 6.45) is 8.54. The first-order valence-electron chi connectivity index (χ1n) is 8.15. The number of nitrogens with one attached hydrogen (secondary N) is 1. The van der Waals surface area contributed by atoms with Crippen LogP contribution in [0, 0.1) is 13.8 Å². The number of hydrogen-bond acceptors (Lipinski definition) is 1. The summed E-state index contributed by atoms with van der Waals surface area (Å²) in [7, 11) is 0. The van der Waals surface area contributed by atoms with Crippen LogP contribution in [-0.4, -0.2) is 11.1 Å². The highest BCUT2D eigenvalue weighted by molar-refractivity contribution is 5.34. The van der Waals surface area contributed by atoms with Gasteiger partial charge in [-0.2, -0.15) is 0 Å². The minimum atomic E-state index is 0.554. The fraction of sp³-hybridized carbons (Fsp3) is 0.474. The molecular weight excluding hydrogens is 256 g/mol. The predicted octanol–water partition coefficient (Wildman–Crippen LogP) is 4.14. The van der Waals surface area contributed by atoms with Crippen molar-refractivity contribution < 1.29 is 0 Å². The molecule has 2 aromatic rings. The third kappa shape index (κ3) is 3.06. The average molecular weight is 282 g/mol. The normalized spacial score (nSPS) is 17.8. The van der Waals surface area contributed by atoms with Crippen LogP contribution in [0.15, 0.2) is 30.6 Å². The maximum atomic E-state index is 3.63. The molecule has 1 aromatic carbocycles. The van der Waals surface area contributed by atoms with Gasteiger partial charge >= 0.3 is 0 Å². The average Bonchev–Trinajstić information content (AvgIpc) is 2.87. The second-order valence-electron chi connectivity index (χ2n) is 6.34. The van der Waals surface area contributed by atoms with E-state index in [9.17, 15) is 0 Å². The molecule has 1 aliphatic carbocycles. The zero-order valence-electron chi connectivity index (χ0n) is 13.4. The highest BCUT2D eigenvalue weighted by atomic mass is 15.0. The van der Waals surface area contributed by atoms with Gasteiger partial charge in [-0.3, -0.25) is 0 Å². The molecule has 21 heavy (non-hydrogen) atoms. The smallest absolute Gasteiger partial charge is 0.0473 e. The van der Waals surface area contributed by atoms with Crippen LogP contribution in [0.3, 0.4) is 0 Å². The Morgan fingerprint density at radius 2 is 2.10 bits per heavy atom. The molecule has 2 heteroatoms. The molecular formula is C19H26N2. The van der Waals surface area contributed by atoms with Crippen LogP contribution in [-0.2, 0) is 13.0 Å². The molecule has 1 heterocycles.